The summed E-state index contributed by atoms with van der Waals surface area (Å²) in [5, 5.41) is 4.06. The van der Waals surface area contributed by atoms with E-state index in [2.05, 4.69) is 29.4 Å². The molecule has 4 rings (SSSR count). The number of nitrogens with one attached hydrogen (secondary N) is 1. The maximum Gasteiger partial charge on any atom is 0.293 e. The van der Waals surface area contributed by atoms with Crippen LogP contribution in [0.2, 0.25) is 5.02 Å². The van der Waals surface area contributed by atoms with E-state index in [0.717, 1.165) is 22.2 Å². The number of halogens is 1. The number of carbonyl (C=O) groups is 1. The lowest BCUT2D eigenvalue weighted by Crippen LogP contribution is -2.10. The first-order valence-corrected chi connectivity index (χ1v) is 10.4. The van der Waals surface area contributed by atoms with Crippen LogP contribution in [-0.2, 0) is 6.42 Å². The van der Waals surface area contributed by atoms with Gasteiger partial charge in [-0.1, -0.05) is 42.3 Å². The molecule has 0 radical (unpaired) electrons. The summed E-state index contributed by atoms with van der Waals surface area (Å²) >= 11 is 7.39. The number of carbonyl (C=O) groups excluding carboxylic acids is 1. The highest BCUT2D eigenvalue weighted by atomic mass is 35.5. The summed E-state index contributed by atoms with van der Waals surface area (Å²) in [7, 11) is 0. The Kier molecular flexibility index (Phi) is 5.46. The zero-order valence-electron chi connectivity index (χ0n) is 15.4. The van der Waals surface area contributed by atoms with E-state index in [0.29, 0.717) is 15.9 Å². The van der Waals surface area contributed by atoms with Crippen LogP contribution >= 0.6 is 22.9 Å². The van der Waals surface area contributed by atoms with E-state index >= 15 is 0 Å². The standard InChI is InChI=1S/C22H19ClN2O2S/c1-2-3-4-14-5-10-17-20(13-14)28-22(24-17)25-21(26)19-12-11-18(27-19)15-6-8-16(23)9-7-15/h5-13H,2-4H2,1H3,(H,24,25,26). The first-order valence-electron chi connectivity index (χ1n) is 9.19. The van der Waals surface area contributed by atoms with Crippen molar-refractivity contribution in [3.63, 3.8) is 0 Å². The van der Waals surface area contributed by atoms with Crippen molar-refractivity contribution in [2.45, 2.75) is 26.2 Å². The highest BCUT2D eigenvalue weighted by molar-refractivity contribution is 7.22. The fourth-order valence-corrected chi connectivity index (χ4v) is 4.00. The molecule has 0 spiro atoms. The number of anilines is 1. The molecule has 2 heterocycles. The summed E-state index contributed by atoms with van der Waals surface area (Å²) in [5.41, 5.74) is 3.06. The monoisotopic (exact) mass is 410 g/mol. The van der Waals surface area contributed by atoms with E-state index < -0.39 is 0 Å². The second-order valence-electron chi connectivity index (χ2n) is 6.55. The number of hydrogen-bond acceptors (Lipinski definition) is 4. The van der Waals surface area contributed by atoms with Crippen molar-refractivity contribution >= 4 is 44.2 Å². The van der Waals surface area contributed by atoms with Gasteiger partial charge in [0.05, 0.1) is 10.2 Å². The van der Waals surface area contributed by atoms with Crippen molar-refractivity contribution in [2.24, 2.45) is 0 Å². The molecule has 0 bridgehead atoms. The molecule has 0 fully saturated rings. The number of rotatable bonds is 6. The maximum atomic E-state index is 12.5. The van der Waals surface area contributed by atoms with Gasteiger partial charge < -0.3 is 4.42 Å². The van der Waals surface area contributed by atoms with Crippen molar-refractivity contribution < 1.29 is 9.21 Å². The van der Waals surface area contributed by atoms with E-state index in [1.54, 1.807) is 24.3 Å². The number of aromatic nitrogens is 1. The number of aryl methyl sites for hydroxylation is 1. The van der Waals surface area contributed by atoms with Crippen LogP contribution in [0.1, 0.15) is 35.9 Å². The minimum Gasteiger partial charge on any atom is -0.451 e. The number of thiazole rings is 1. The Bertz CT molecular complexity index is 1120. The van der Waals surface area contributed by atoms with Gasteiger partial charge in [-0.25, -0.2) is 4.98 Å². The molecule has 0 aliphatic carbocycles. The summed E-state index contributed by atoms with van der Waals surface area (Å²) in [6, 6.07) is 17.0. The predicted octanol–water partition coefficient (Wildman–Crippen LogP) is 6.80. The lowest BCUT2D eigenvalue weighted by molar-refractivity contribution is 0.0997. The van der Waals surface area contributed by atoms with Crippen molar-refractivity contribution in [1.29, 1.82) is 0 Å². The third-order valence-electron chi connectivity index (χ3n) is 4.45. The van der Waals surface area contributed by atoms with Gasteiger partial charge in [0.25, 0.3) is 5.91 Å². The molecule has 2 aromatic heterocycles. The topological polar surface area (TPSA) is 55.1 Å². The van der Waals surface area contributed by atoms with Gasteiger partial charge in [-0.2, -0.15) is 0 Å². The van der Waals surface area contributed by atoms with Crippen molar-refractivity contribution in [3.8, 4) is 11.3 Å². The molecule has 0 atom stereocenters. The fourth-order valence-electron chi connectivity index (χ4n) is 2.95. The average molecular weight is 411 g/mol. The Balaban J connectivity index is 1.49. The van der Waals surface area contributed by atoms with Crippen molar-refractivity contribution in [1.82, 2.24) is 4.98 Å². The molecule has 4 aromatic rings. The van der Waals surface area contributed by atoms with Gasteiger partial charge in [0.2, 0.25) is 0 Å². The Morgan fingerprint density at radius 1 is 1.14 bits per heavy atom. The lowest BCUT2D eigenvalue weighted by atomic mass is 10.1. The van der Waals surface area contributed by atoms with Gasteiger partial charge >= 0.3 is 0 Å². The smallest absolute Gasteiger partial charge is 0.293 e. The normalized spacial score (nSPS) is 11.1. The highest BCUT2D eigenvalue weighted by Gasteiger charge is 2.15. The van der Waals surface area contributed by atoms with Crippen LogP contribution in [-0.4, -0.2) is 10.9 Å². The minimum atomic E-state index is -0.314. The molecule has 0 aliphatic rings. The number of nitrogens with zero attached hydrogens (tertiary/aromatic N) is 1. The van der Waals surface area contributed by atoms with E-state index in [1.807, 2.05) is 18.2 Å². The molecule has 28 heavy (non-hydrogen) atoms. The fraction of sp³-hybridized carbons (Fsp3) is 0.182. The van der Waals surface area contributed by atoms with E-state index in [-0.39, 0.29) is 11.7 Å². The summed E-state index contributed by atoms with van der Waals surface area (Å²) in [5.74, 6) is 0.546. The molecular formula is C22H19ClN2O2S. The van der Waals surface area contributed by atoms with Gasteiger partial charge in [-0.15, -0.1) is 0 Å². The van der Waals surface area contributed by atoms with E-state index in [4.69, 9.17) is 16.0 Å². The van der Waals surface area contributed by atoms with Crippen LogP contribution in [0.15, 0.2) is 59.0 Å². The first-order chi connectivity index (χ1) is 13.6. The van der Waals surface area contributed by atoms with Crippen molar-refractivity contribution in [2.75, 3.05) is 5.32 Å². The number of furan rings is 1. The molecule has 6 heteroatoms. The second-order valence-corrected chi connectivity index (χ2v) is 8.02. The van der Waals surface area contributed by atoms with Gasteiger partial charge in [-0.05, 0) is 66.9 Å². The molecule has 142 valence electrons. The number of fused-ring (bicyclic) bond motifs is 1. The zero-order chi connectivity index (χ0) is 19.5. The van der Waals surface area contributed by atoms with Crippen LogP contribution in [0, 0.1) is 0 Å². The van der Waals surface area contributed by atoms with Gasteiger partial charge in [0, 0.05) is 10.6 Å². The number of amides is 1. The largest absolute Gasteiger partial charge is 0.451 e. The molecule has 1 amide bonds. The molecule has 0 aliphatic heterocycles. The van der Waals surface area contributed by atoms with E-state index in [1.165, 1.54) is 29.7 Å². The Labute approximate surface area is 172 Å². The molecular weight excluding hydrogens is 392 g/mol. The first kappa shape index (κ1) is 18.7. The maximum absolute atomic E-state index is 12.5. The minimum absolute atomic E-state index is 0.243. The van der Waals surface area contributed by atoms with Crippen LogP contribution in [0.25, 0.3) is 21.5 Å². The van der Waals surface area contributed by atoms with Gasteiger partial charge in [0.1, 0.15) is 5.76 Å². The quantitative estimate of drug-likeness (QED) is 0.380. The SMILES string of the molecule is CCCCc1ccc2nc(NC(=O)c3ccc(-c4ccc(Cl)cc4)o3)sc2c1. The van der Waals surface area contributed by atoms with Gasteiger partial charge in [0.15, 0.2) is 10.9 Å². The molecule has 1 N–H and O–H groups in total. The molecule has 0 saturated heterocycles. The predicted molar refractivity (Wildman–Crippen MR) is 115 cm³/mol. The third-order valence-corrected chi connectivity index (χ3v) is 5.64. The molecule has 4 nitrogen and oxygen atoms in total. The second kappa shape index (κ2) is 8.17. The molecule has 2 aromatic carbocycles. The Morgan fingerprint density at radius 3 is 2.75 bits per heavy atom. The Morgan fingerprint density at radius 2 is 1.96 bits per heavy atom. The third kappa shape index (κ3) is 4.11. The van der Waals surface area contributed by atoms with Crippen LogP contribution in [0.3, 0.4) is 0 Å². The van der Waals surface area contributed by atoms with Crippen LogP contribution in [0.4, 0.5) is 5.13 Å². The molecule has 0 saturated carbocycles. The zero-order valence-corrected chi connectivity index (χ0v) is 16.9. The average Bonchev–Trinajstić information content (AvgIpc) is 3.33. The summed E-state index contributed by atoms with van der Waals surface area (Å²) in [4.78, 5) is 17.0. The number of unbranched alkanes of at least 4 members (excludes halogenated alkanes) is 1. The van der Waals surface area contributed by atoms with Crippen LogP contribution in [0.5, 0.6) is 0 Å². The van der Waals surface area contributed by atoms with E-state index in [9.17, 15) is 4.79 Å². The highest BCUT2D eigenvalue weighted by Crippen LogP contribution is 2.29. The Hall–Kier alpha value is -2.63. The molecule has 0 unspecified atom stereocenters. The summed E-state index contributed by atoms with van der Waals surface area (Å²) in [6.07, 6.45) is 3.40. The number of hydrogen-bond donors (Lipinski definition) is 1. The van der Waals surface area contributed by atoms with Crippen LogP contribution < -0.4 is 5.32 Å². The number of benzene rings is 2. The lowest BCUT2D eigenvalue weighted by Gasteiger charge is -1.99. The summed E-state index contributed by atoms with van der Waals surface area (Å²) in [6.45, 7) is 2.19. The summed E-state index contributed by atoms with van der Waals surface area (Å²) < 4.78 is 6.78. The van der Waals surface area contributed by atoms with Gasteiger partial charge in [-0.3, -0.25) is 10.1 Å². The van der Waals surface area contributed by atoms with Crippen molar-refractivity contribution in [3.05, 3.63) is 70.9 Å².